The minimum absolute atomic E-state index is 0.0647. The van der Waals surface area contributed by atoms with E-state index in [0.717, 1.165) is 11.8 Å². The quantitative estimate of drug-likeness (QED) is 0.309. The third kappa shape index (κ3) is 3.22. The second-order valence-electron chi connectivity index (χ2n) is 5.21. The first-order valence-electron chi connectivity index (χ1n) is 7.34. The third-order valence-corrected chi connectivity index (χ3v) is 4.47. The van der Waals surface area contributed by atoms with E-state index in [1.807, 2.05) is 0 Å². The summed E-state index contributed by atoms with van der Waals surface area (Å²) < 4.78 is 1.38. The Morgan fingerprint density at radius 2 is 1.92 bits per heavy atom. The molecule has 8 heteroatoms. The summed E-state index contributed by atoms with van der Waals surface area (Å²) in [5.41, 5.74) is 0.650. The van der Waals surface area contributed by atoms with Crippen molar-refractivity contribution in [1.82, 2.24) is 9.55 Å². The minimum atomic E-state index is -0.501. The fourth-order valence-electron chi connectivity index (χ4n) is 2.33. The molecule has 0 fully saturated rings. The van der Waals surface area contributed by atoms with E-state index in [2.05, 4.69) is 11.1 Å². The molecule has 0 spiro atoms. The Kier molecular flexibility index (Phi) is 4.50. The smallest absolute Gasteiger partial charge is 0.268 e. The molecular formula is C17H12N4O3S. The number of benzene rings is 2. The maximum absolute atomic E-state index is 12.9. The van der Waals surface area contributed by atoms with Crippen LogP contribution in [0.4, 0.5) is 5.69 Å². The van der Waals surface area contributed by atoms with Gasteiger partial charge in [0.2, 0.25) is 0 Å². The number of nitro groups is 1. The van der Waals surface area contributed by atoms with Crippen molar-refractivity contribution in [2.24, 2.45) is 0 Å². The monoisotopic (exact) mass is 352 g/mol. The van der Waals surface area contributed by atoms with Crippen molar-refractivity contribution in [2.45, 2.75) is 17.3 Å². The highest BCUT2D eigenvalue weighted by Gasteiger charge is 2.16. The van der Waals surface area contributed by atoms with Crippen LogP contribution in [-0.4, -0.2) is 19.7 Å². The van der Waals surface area contributed by atoms with Crippen LogP contribution in [0.3, 0.4) is 0 Å². The molecule has 0 unspecified atom stereocenters. The molecule has 0 aliphatic heterocycles. The number of nitrogens with zero attached hydrogens (tertiary/aromatic N) is 4. The molecule has 1 atom stereocenters. The van der Waals surface area contributed by atoms with Gasteiger partial charge in [0.05, 0.1) is 32.8 Å². The second kappa shape index (κ2) is 6.75. The van der Waals surface area contributed by atoms with Crippen molar-refractivity contribution < 1.29 is 4.92 Å². The first-order chi connectivity index (χ1) is 12.0. The van der Waals surface area contributed by atoms with Crippen molar-refractivity contribution >= 4 is 28.4 Å². The molecule has 25 heavy (non-hydrogen) atoms. The lowest BCUT2D eigenvalue weighted by Gasteiger charge is -2.13. The number of aromatic nitrogens is 2. The molecule has 0 saturated heterocycles. The number of hydrogen-bond acceptors (Lipinski definition) is 6. The third-order valence-electron chi connectivity index (χ3n) is 3.53. The summed E-state index contributed by atoms with van der Waals surface area (Å²) in [4.78, 5) is 27.8. The van der Waals surface area contributed by atoms with Gasteiger partial charge in [-0.25, -0.2) is 4.98 Å². The summed E-state index contributed by atoms with van der Waals surface area (Å²) in [5.74, 6) is 0. The fourth-order valence-corrected chi connectivity index (χ4v) is 3.14. The van der Waals surface area contributed by atoms with E-state index in [1.54, 1.807) is 31.2 Å². The molecule has 1 heterocycles. The lowest BCUT2D eigenvalue weighted by molar-refractivity contribution is -0.384. The molecule has 3 rings (SSSR count). The molecule has 2 aromatic carbocycles. The molecule has 0 aliphatic rings. The van der Waals surface area contributed by atoms with Crippen LogP contribution in [0.25, 0.3) is 16.6 Å². The SMILES string of the molecule is C[C@@H](C#N)Sc1nc2ccccc2c(=O)n1-c1ccc([N+](=O)[O-])cc1. The van der Waals surface area contributed by atoms with Gasteiger partial charge >= 0.3 is 0 Å². The number of nitriles is 1. The van der Waals surface area contributed by atoms with Crippen LogP contribution in [0.5, 0.6) is 0 Å². The molecule has 1 aromatic heterocycles. The molecule has 0 saturated carbocycles. The molecule has 0 aliphatic carbocycles. The lowest BCUT2D eigenvalue weighted by Crippen LogP contribution is -2.22. The van der Waals surface area contributed by atoms with E-state index >= 15 is 0 Å². The first kappa shape index (κ1) is 16.7. The summed E-state index contributed by atoms with van der Waals surface area (Å²) in [5, 5.41) is 20.3. The minimum Gasteiger partial charge on any atom is -0.268 e. The number of para-hydroxylation sites is 1. The van der Waals surface area contributed by atoms with Gasteiger partial charge < -0.3 is 0 Å². The number of thioether (sulfide) groups is 1. The van der Waals surface area contributed by atoms with Gasteiger partial charge in [0.15, 0.2) is 5.16 Å². The predicted molar refractivity (Wildman–Crippen MR) is 94.9 cm³/mol. The second-order valence-corrected chi connectivity index (χ2v) is 6.52. The highest BCUT2D eigenvalue weighted by molar-refractivity contribution is 8.00. The van der Waals surface area contributed by atoms with Gasteiger partial charge in [0, 0.05) is 12.1 Å². The topological polar surface area (TPSA) is 102 Å². The van der Waals surface area contributed by atoms with Crippen molar-refractivity contribution in [3.63, 3.8) is 0 Å². The standard InChI is InChI=1S/C17H12N4O3S/c1-11(10-18)25-17-19-15-5-3-2-4-14(15)16(22)20(17)12-6-8-13(9-7-12)21(23)24/h2-9,11H,1H3/t11-/m0/s1. The Hall–Kier alpha value is -3.18. The van der Waals surface area contributed by atoms with Crippen LogP contribution in [0.15, 0.2) is 58.5 Å². The van der Waals surface area contributed by atoms with E-state index in [1.165, 1.54) is 28.8 Å². The highest BCUT2D eigenvalue weighted by atomic mass is 32.2. The molecule has 7 nitrogen and oxygen atoms in total. The van der Waals surface area contributed by atoms with Gasteiger partial charge in [-0.15, -0.1) is 0 Å². The zero-order chi connectivity index (χ0) is 18.0. The van der Waals surface area contributed by atoms with Gasteiger partial charge in [-0.2, -0.15) is 5.26 Å². The number of non-ortho nitro benzene ring substituents is 1. The number of fused-ring (bicyclic) bond motifs is 1. The van der Waals surface area contributed by atoms with Crippen LogP contribution in [-0.2, 0) is 0 Å². The Bertz CT molecular complexity index is 1050. The zero-order valence-corrected chi connectivity index (χ0v) is 13.9. The summed E-state index contributed by atoms with van der Waals surface area (Å²) in [6.45, 7) is 1.71. The number of rotatable bonds is 4. The Morgan fingerprint density at radius 3 is 2.56 bits per heavy atom. The van der Waals surface area contributed by atoms with Gasteiger partial charge in [-0.05, 0) is 31.2 Å². The maximum atomic E-state index is 12.9. The molecule has 124 valence electrons. The molecular weight excluding hydrogens is 340 g/mol. The van der Waals surface area contributed by atoms with Gasteiger partial charge in [-0.1, -0.05) is 23.9 Å². The van der Waals surface area contributed by atoms with E-state index in [0.29, 0.717) is 21.7 Å². The predicted octanol–water partition coefficient (Wildman–Crippen LogP) is 3.30. The van der Waals surface area contributed by atoms with Gasteiger partial charge in [0.1, 0.15) is 0 Å². The van der Waals surface area contributed by atoms with Gasteiger partial charge in [-0.3, -0.25) is 19.5 Å². The van der Waals surface area contributed by atoms with E-state index in [9.17, 15) is 14.9 Å². The van der Waals surface area contributed by atoms with Crippen molar-refractivity contribution in [3.8, 4) is 11.8 Å². The fraction of sp³-hybridized carbons (Fsp3) is 0.118. The van der Waals surface area contributed by atoms with Crippen LogP contribution in [0.2, 0.25) is 0 Å². The Balaban J connectivity index is 2.25. The van der Waals surface area contributed by atoms with Gasteiger partial charge in [0.25, 0.3) is 11.2 Å². The number of hydrogen-bond donors (Lipinski definition) is 0. The van der Waals surface area contributed by atoms with Crippen molar-refractivity contribution in [1.29, 1.82) is 5.26 Å². The lowest BCUT2D eigenvalue weighted by atomic mass is 10.2. The summed E-state index contributed by atoms with van der Waals surface area (Å²) in [6, 6.07) is 14.7. The maximum Gasteiger partial charge on any atom is 0.269 e. The Morgan fingerprint density at radius 1 is 1.24 bits per heavy atom. The Labute approximate surface area is 146 Å². The van der Waals surface area contributed by atoms with E-state index in [4.69, 9.17) is 5.26 Å². The molecule has 0 bridgehead atoms. The zero-order valence-electron chi connectivity index (χ0n) is 13.1. The summed E-state index contributed by atoms with van der Waals surface area (Å²) in [6.07, 6.45) is 0. The van der Waals surface area contributed by atoms with Crippen LogP contribution in [0.1, 0.15) is 6.92 Å². The number of nitro benzene ring substituents is 1. The molecule has 0 radical (unpaired) electrons. The first-order valence-corrected chi connectivity index (χ1v) is 8.22. The summed E-state index contributed by atoms with van der Waals surface area (Å²) in [7, 11) is 0. The van der Waals surface area contributed by atoms with Crippen LogP contribution in [0, 0.1) is 21.4 Å². The highest BCUT2D eigenvalue weighted by Crippen LogP contribution is 2.25. The molecule has 0 N–H and O–H groups in total. The summed E-state index contributed by atoms with van der Waals surface area (Å²) >= 11 is 1.16. The molecule has 0 amide bonds. The molecule has 3 aromatic rings. The van der Waals surface area contributed by atoms with Crippen molar-refractivity contribution in [3.05, 3.63) is 69.0 Å². The normalized spacial score (nSPS) is 11.8. The van der Waals surface area contributed by atoms with E-state index < -0.39 is 10.2 Å². The van der Waals surface area contributed by atoms with Crippen molar-refractivity contribution in [2.75, 3.05) is 0 Å². The van der Waals surface area contributed by atoms with Crippen LogP contribution < -0.4 is 5.56 Å². The van der Waals surface area contributed by atoms with Crippen LogP contribution >= 0.6 is 11.8 Å². The average Bonchev–Trinajstić information content (AvgIpc) is 2.62. The van der Waals surface area contributed by atoms with E-state index in [-0.39, 0.29) is 11.2 Å². The average molecular weight is 352 g/mol. The largest absolute Gasteiger partial charge is 0.269 e.